The molecule has 0 bridgehead atoms. The van der Waals surface area contributed by atoms with Gasteiger partial charge in [-0.2, -0.15) is 13.2 Å². The quantitative estimate of drug-likeness (QED) is 0.724. The van der Waals surface area contributed by atoms with E-state index in [9.17, 15) is 17.6 Å². The summed E-state index contributed by atoms with van der Waals surface area (Å²) in [7, 11) is 0. The molecule has 0 spiro atoms. The third-order valence-electron chi connectivity index (χ3n) is 2.71. The molecule has 1 fully saturated rings. The Hall–Kier alpha value is -1.14. The molecular weight excluding hydrogens is 224 g/mol. The molecule has 1 aromatic rings. The minimum Gasteiger partial charge on any atom is -0.319 e. The predicted octanol–water partition coefficient (Wildman–Crippen LogP) is 1.60. The fourth-order valence-electron chi connectivity index (χ4n) is 1.68. The fourth-order valence-corrected chi connectivity index (χ4v) is 1.68. The zero-order chi connectivity index (χ0) is 12.0. The highest BCUT2D eigenvalue weighted by Gasteiger charge is 2.38. The lowest BCUT2D eigenvalue weighted by molar-refractivity contribution is -0.137. The number of hydrogen-bond acceptors (Lipinski definition) is 2. The van der Waals surface area contributed by atoms with Crippen LogP contribution in [-0.2, 0) is 11.7 Å². The lowest BCUT2D eigenvalue weighted by atomic mass is 9.84. The molecule has 0 aromatic heterocycles. The second-order valence-electron chi connectivity index (χ2n) is 3.95. The summed E-state index contributed by atoms with van der Waals surface area (Å²) in [6.45, 7) is 0.741. The minimum atomic E-state index is -4.53. The lowest BCUT2D eigenvalue weighted by Gasteiger charge is -2.39. The largest absolute Gasteiger partial charge is 0.416 e. The highest BCUT2D eigenvalue weighted by atomic mass is 19.4. The molecule has 1 aromatic carbocycles. The lowest BCUT2D eigenvalue weighted by Crippen LogP contribution is -2.63. The molecular formula is C10H10F4N2. The van der Waals surface area contributed by atoms with Gasteiger partial charge in [-0.25, -0.2) is 4.39 Å². The molecule has 0 amide bonds. The fraction of sp³-hybridized carbons (Fsp3) is 0.400. The van der Waals surface area contributed by atoms with Crippen molar-refractivity contribution in [2.45, 2.75) is 11.7 Å². The van der Waals surface area contributed by atoms with Crippen molar-refractivity contribution >= 4 is 0 Å². The van der Waals surface area contributed by atoms with Crippen LogP contribution in [0.2, 0.25) is 0 Å². The Morgan fingerprint density at radius 3 is 2.25 bits per heavy atom. The Labute approximate surface area is 89.4 Å². The van der Waals surface area contributed by atoms with Crippen LogP contribution < -0.4 is 11.1 Å². The van der Waals surface area contributed by atoms with Gasteiger partial charge >= 0.3 is 6.18 Å². The summed E-state index contributed by atoms with van der Waals surface area (Å²) in [5, 5.41) is 2.86. The minimum absolute atomic E-state index is 0.124. The number of nitrogens with one attached hydrogen (secondary N) is 1. The summed E-state index contributed by atoms with van der Waals surface area (Å²) < 4.78 is 50.3. The average Bonchev–Trinajstić information content (AvgIpc) is 2.12. The molecule has 0 aliphatic carbocycles. The Kier molecular flexibility index (Phi) is 2.43. The van der Waals surface area contributed by atoms with Crippen LogP contribution in [0.1, 0.15) is 11.1 Å². The highest BCUT2D eigenvalue weighted by molar-refractivity contribution is 5.33. The van der Waals surface area contributed by atoms with Gasteiger partial charge in [-0.15, -0.1) is 0 Å². The molecule has 0 atom stereocenters. The molecule has 1 aliphatic rings. The van der Waals surface area contributed by atoms with Gasteiger partial charge in [0.05, 0.1) is 11.1 Å². The van der Waals surface area contributed by atoms with Gasteiger partial charge in [-0.05, 0) is 12.1 Å². The van der Waals surface area contributed by atoms with E-state index in [1.165, 1.54) is 0 Å². The Bertz CT molecular complexity index is 410. The van der Waals surface area contributed by atoms with Crippen LogP contribution in [0.15, 0.2) is 18.2 Å². The van der Waals surface area contributed by atoms with Crippen LogP contribution in [0.25, 0.3) is 0 Å². The first-order chi connectivity index (χ1) is 7.33. The summed E-state index contributed by atoms with van der Waals surface area (Å²) in [5.74, 6) is -0.904. The van der Waals surface area contributed by atoms with Crippen molar-refractivity contribution in [3.8, 4) is 0 Å². The van der Waals surface area contributed by atoms with E-state index in [0.29, 0.717) is 19.2 Å². The molecule has 2 nitrogen and oxygen atoms in total. The van der Waals surface area contributed by atoms with Gasteiger partial charge in [0.15, 0.2) is 0 Å². The van der Waals surface area contributed by atoms with Crippen LogP contribution >= 0.6 is 0 Å². The molecule has 1 heterocycles. The molecule has 1 aliphatic heterocycles. The van der Waals surface area contributed by atoms with Crippen LogP contribution in [-0.4, -0.2) is 13.1 Å². The molecule has 0 unspecified atom stereocenters. The van der Waals surface area contributed by atoms with Crippen LogP contribution in [0.4, 0.5) is 17.6 Å². The summed E-state index contributed by atoms with van der Waals surface area (Å²) in [5.41, 5.74) is 4.05. The number of benzene rings is 1. The summed E-state index contributed by atoms with van der Waals surface area (Å²) in [4.78, 5) is 0. The van der Waals surface area contributed by atoms with Gasteiger partial charge in [-0.3, -0.25) is 0 Å². The third kappa shape index (κ3) is 1.78. The van der Waals surface area contributed by atoms with Crippen molar-refractivity contribution < 1.29 is 17.6 Å². The molecule has 6 heteroatoms. The normalized spacial score (nSPS) is 19.3. The van der Waals surface area contributed by atoms with E-state index in [1.807, 2.05) is 0 Å². The standard InChI is InChI=1S/C10H10F4N2/c11-8-3-6(10(12,13)14)1-2-7(8)9(15)4-16-5-9/h1-3,16H,4-5,15H2. The number of hydrogen-bond donors (Lipinski definition) is 2. The van der Waals surface area contributed by atoms with Gasteiger partial charge in [0.1, 0.15) is 5.82 Å². The van der Waals surface area contributed by atoms with E-state index in [1.54, 1.807) is 0 Å². The molecule has 1 saturated heterocycles. The third-order valence-corrected chi connectivity index (χ3v) is 2.71. The topological polar surface area (TPSA) is 38.0 Å². The van der Waals surface area contributed by atoms with Crippen molar-refractivity contribution in [2.24, 2.45) is 5.73 Å². The van der Waals surface area contributed by atoms with E-state index in [0.717, 1.165) is 12.1 Å². The van der Waals surface area contributed by atoms with Gasteiger partial charge in [0.2, 0.25) is 0 Å². The summed E-state index contributed by atoms with van der Waals surface area (Å²) in [6, 6.07) is 2.45. The van der Waals surface area contributed by atoms with Crippen LogP contribution in [0.5, 0.6) is 0 Å². The molecule has 2 rings (SSSR count). The van der Waals surface area contributed by atoms with Gasteiger partial charge in [-0.1, -0.05) is 6.07 Å². The molecule has 0 radical (unpaired) electrons. The van der Waals surface area contributed by atoms with E-state index in [2.05, 4.69) is 5.32 Å². The first-order valence-electron chi connectivity index (χ1n) is 4.70. The Balaban J connectivity index is 2.37. The summed E-state index contributed by atoms with van der Waals surface area (Å²) in [6.07, 6.45) is -4.53. The molecule has 16 heavy (non-hydrogen) atoms. The Morgan fingerprint density at radius 2 is 1.88 bits per heavy atom. The van der Waals surface area contributed by atoms with Gasteiger partial charge in [0.25, 0.3) is 0 Å². The van der Waals surface area contributed by atoms with E-state index >= 15 is 0 Å². The SMILES string of the molecule is NC1(c2ccc(C(F)(F)F)cc2F)CNC1. The smallest absolute Gasteiger partial charge is 0.319 e. The van der Waals surface area contributed by atoms with Gasteiger partial charge in [0, 0.05) is 18.7 Å². The number of rotatable bonds is 1. The molecule has 3 N–H and O–H groups in total. The van der Waals surface area contributed by atoms with Crippen molar-refractivity contribution in [2.75, 3.05) is 13.1 Å². The van der Waals surface area contributed by atoms with E-state index < -0.39 is 23.1 Å². The van der Waals surface area contributed by atoms with Crippen LogP contribution in [0, 0.1) is 5.82 Å². The van der Waals surface area contributed by atoms with Gasteiger partial charge < -0.3 is 11.1 Å². The second-order valence-corrected chi connectivity index (χ2v) is 3.95. The average molecular weight is 234 g/mol. The molecule has 88 valence electrons. The second kappa shape index (κ2) is 3.43. The highest BCUT2D eigenvalue weighted by Crippen LogP contribution is 2.33. The number of halogens is 4. The monoisotopic (exact) mass is 234 g/mol. The summed E-state index contributed by atoms with van der Waals surface area (Å²) >= 11 is 0. The van der Waals surface area contributed by atoms with Crippen molar-refractivity contribution in [3.63, 3.8) is 0 Å². The first-order valence-corrected chi connectivity index (χ1v) is 4.70. The van der Waals surface area contributed by atoms with Crippen LogP contribution in [0.3, 0.4) is 0 Å². The number of nitrogens with two attached hydrogens (primary N) is 1. The van der Waals surface area contributed by atoms with Crippen molar-refractivity contribution in [3.05, 3.63) is 35.1 Å². The van der Waals surface area contributed by atoms with Crippen molar-refractivity contribution in [1.29, 1.82) is 0 Å². The van der Waals surface area contributed by atoms with Crippen molar-refractivity contribution in [1.82, 2.24) is 5.32 Å². The molecule has 0 saturated carbocycles. The maximum absolute atomic E-state index is 13.5. The maximum Gasteiger partial charge on any atom is 0.416 e. The zero-order valence-corrected chi connectivity index (χ0v) is 8.24. The van der Waals surface area contributed by atoms with E-state index in [-0.39, 0.29) is 5.56 Å². The zero-order valence-electron chi connectivity index (χ0n) is 8.24. The predicted molar refractivity (Wildman–Crippen MR) is 50.1 cm³/mol. The van der Waals surface area contributed by atoms with E-state index in [4.69, 9.17) is 5.73 Å². The first kappa shape index (κ1) is 11.3. The number of alkyl halides is 3. The Morgan fingerprint density at radius 1 is 1.25 bits per heavy atom. The maximum atomic E-state index is 13.5.